The summed E-state index contributed by atoms with van der Waals surface area (Å²) in [6, 6.07) is 1.60. The van der Waals surface area contributed by atoms with Crippen LogP contribution in [0.2, 0.25) is 0 Å². The molecule has 0 fully saturated rings. The lowest BCUT2D eigenvalue weighted by Gasteiger charge is -2.08. The molecule has 19 heavy (non-hydrogen) atoms. The highest BCUT2D eigenvalue weighted by Gasteiger charge is 2.25. The minimum absolute atomic E-state index is 0.232. The minimum atomic E-state index is -3.65. The predicted octanol–water partition coefficient (Wildman–Crippen LogP) is 1.05. The molecule has 0 saturated heterocycles. The zero-order valence-electron chi connectivity index (χ0n) is 11.4. The first-order chi connectivity index (χ1) is 8.86. The SMILES string of the molecule is CCn1nc(C)c(S(=O)(=O)Nc2ccnn2C)c1C. The van der Waals surface area contributed by atoms with Crippen molar-refractivity contribution in [1.82, 2.24) is 19.6 Å². The molecule has 2 aromatic heterocycles. The normalized spacial score (nSPS) is 11.8. The Morgan fingerprint density at radius 3 is 2.53 bits per heavy atom. The van der Waals surface area contributed by atoms with Gasteiger partial charge in [-0.1, -0.05) is 0 Å². The Morgan fingerprint density at radius 1 is 1.37 bits per heavy atom. The minimum Gasteiger partial charge on any atom is -0.268 e. The molecule has 0 aliphatic heterocycles. The van der Waals surface area contributed by atoms with Gasteiger partial charge in [0.25, 0.3) is 10.0 Å². The Hall–Kier alpha value is -1.83. The summed E-state index contributed by atoms with van der Waals surface area (Å²) in [7, 11) is -1.98. The highest BCUT2D eigenvalue weighted by molar-refractivity contribution is 7.92. The molecule has 0 spiro atoms. The van der Waals surface area contributed by atoms with Crippen LogP contribution in [-0.2, 0) is 23.6 Å². The number of nitrogens with zero attached hydrogens (tertiary/aromatic N) is 4. The van der Waals surface area contributed by atoms with Gasteiger partial charge in [0.15, 0.2) is 0 Å². The molecule has 0 aliphatic rings. The maximum absolute atomic E-state index is 12.4. The van der Waals surface area contributed by atoms with Crippen LogP contribution in [0.25, 0.3) is 0 Å². The Labute approximate surface area is 112 Å². The number of aryl methyl sites for hydroxylation is 3. The van der Waals surface area contributed by atoms with Crippen molar-refractivity contribution < 1.29 is 8.42 Å². The van der Waals surface area contributed by atoms with E-state index in [1.807, 2.05) is 6.92 Å². The fourth-order valence-corrected chi connectivity index (χ4v) is 3.54. The number of hydrogen-bond donors (Lipinski definition) is 1. The van der Waals surface area contributed by atoms with E-state index in [1.54, 1.807) is 31.6 Å². The molecule has 0 aromatic carbocycles. The maximum Gasteiger partial charge on any atom is 0.266 e. The first-order valence-corrected chi connectivity index (χ1v) is 7.40. The molecule has 0 radical (unpaired) electrons. The standard InChI is InChI=1S/C11H17N5O2S/c1-5-16-9(3)11(8(2)13-16)19(17,18)14-10-6-7-12-15(10)4/h6-7,14H,5H2,1-4H3. The number of aromatic nitrogens is 4. The van der Waals surface area contributed by atoms with E-state index in [4.69, 9.17) is 0 Å². The van der Waals surface area contributed by atoms with Crippen molar-refractivity contribution in [1.29, 1.82) is 0 Å². The molecule has 7 nitrogen and oxygen atoms in total. The van der Waals surface area contributed by atoms with Crippen LogP contribution in [0.15, 0.2) is 17.2 Å². The molecule has 0 aliphatic carbocycles. The fraction of sp³-hybridized carbons (Fsp3) is 0.455. The Balaban J connectivity index is 2.46. The topological polar surface area (TPSA) is 81.8 Å². The molecule has 2 aromatic rings. The lowest BCUT2D eigenvalue weighted by Crippen LogP contribution is -2.17. The summed E-state index contributed by atoms with van der Waals surface area (Å²) >= 11 is 0. The van der Waals surface area contributed by atoms with Gasteiger partial charge in [-0.05, 0) is 20.8 Å². The van der Waals surface area contributed by atoms with Gasteiger partial charge in [-0.25, -0.2) is 8.42 Å². The highest BCUT2D eigenvalue weighted by Crippen LogP contribution is 2.22. The van der Waals surface area contributed by atoms with Crippen LogP contribution in [-0.4, -0.2) is 28.0 Å². The molecule has 0 atom stereocenters. The van der Waals surface area contributed by atoms with E-state index in [0.717, 1.165) is 0 Å². The van der Waals surface area contributed by atoms with Gasteiger partial charge >= 0.3 is 0 Å². The molecule has 0 amide bonds. The van der Waals surface area contributed by atoms with E-state index >= 15 is 0 Å². The molecule has 0 bridgehead atoms. The second-order valence-corrected chi connectivity index (χ2v) is 5.88. The first-order valence-electron chi connectivity index (χ1n) is 5.91. The van der Waals surface area contributed by atoms with Crippen LogP contribution in [0.3, 0.4) is 0 Å². The van der Waals surface area contributed by atoms with Gasteiger partial charge in [-0.2, -0.15) is 10.2 Å². The van der Waals surface area contributed by atoms with Crippen molar-refractivity contribution in [2.45, 2.75) is 32.2 Å². The van der Waals surface area contributed by atoms with Crippen molar-refractivity contribution in [3.05, 3.63) is 23.7 Å². The van der Waals surface area contributed by atoms with Gasteiger partial charge in [-0.3, -0.25) is 14.1 Å². The number of nitrogens with one attached hydrogen (secondary N) is 1. The van der Waals surface area contributed by atoms with E-state index in [1.165, 1.54) is 10.9 Å². The smallest absolute Gasteiger partial charge is 0.266 e. The van der Waals surface area contributed by atoms with Crippen molar-refractivity contribution in [3.63, 3.8) is 0 Å². The second kappa shape index (κ2) is 4.69. The zero-order valence-corrected chi connectivity index (χ0v) is 12.2. The maximum atomic E-state index is 12.4. The van der Waals surface area contributed by atoms with Crippen molar-refractivity contribution in [2.24, 2.45) is 7.05 Å². The summed E-state index contributed by atoms with van der Waals surface area (Å²) in [5, 5.41) is 8.15. The molecule has 0 unspecified atom stereocenters. The summed E-state index contributed by atoms with van der Waals surface area (Å²) < 4.78 is 30.5. The van der Waals surface area contributed by atoms with Crippen LogP contribution in [0.1, 0.15) is 18.3 Å². The summed E-state index contributed by atoms with van der Waals surface area (Å²) in [5.41, 5.74) is 1.13. The quantitative estimate of drug-likeness (QED) is 0.909. The van der Waals surface area contributed by atoms with Crippen LogP contribution in [0, 0.1) is 13.8 Å². The van der Waals surface area contributed by atoms with Gasteiger partial charge < -0.3 is 0 Å². The summed E-state index contributed by atoms with van der Waals surface area (Å²) in [5.74, 6) is 0.419. The third-order valence-corrected chi connectivity index (χ3v) is 4.55. The number of sulfonamides is 1. The fourth-order valence-electron chi connectivity index (χ4n) is 2.04. The molecule has 2 heterocycles. The predicted molar refractivity (Wildman–Crippen MR) is 71.4 cm³/mol. The molecule has 2 rings (SSSR count). The number of anilines is 1. The average Bonchev–Trinajstić information content (AvgIpc) is 2.83. The second-order valence-electron chi connectivity index (χ2n) is 4.26. The van der Waals surface area contributed by atoms with Gasteiger partial charge in [-0.15, -0.1) is 0 Å². The number of hydrogen-bond acceptors (Lipinski definition) is 4. The Kier molecular flexibility index (Phi) is 3.36. The van der Waals surface area contributed by atoms with Crippen LogP contribution in [0.5, 0.6) is 0 Å². The lowest BCUT2D eigenvalue weighted by molar-refractivity contribution is 0.597. The van der Waals surface area contributed by atoms with E-state index in [2.05, 4.69) is 14.9 Å². The van der Waals surface area contributed by atoms with Gasteiger partial charge in [0.05, 0.1) is 17.6 Å². The van der Waals surface area contributed by atoms with E-state index in [0.29, 0.717) is 23.8 Å². The Bertz CT molecular complexity index is 699. The molecular weight excluding hydrogens is 266 g/mol. The molecule has 0 saturated carbocycles. The number of rotatable bonds is 4. The van der Waals surface area contributed by atoms with Crippen LogP contribution >= 0.6 is 0 Å². The molecule has 1 N–H and O–H groups in total. The zero-order chi connectivity index (χ0) is 14.2. The van der Waals surface area contributed by atoms with Gasteiger partial charge in [0.2, 0.25) is 0 Å². The third kappa shape index (κ3) is 2.35. The van der Waals surface area contributed by atoms with Crippen molar-refractivity contribution in [2.75, 3.05) is 4.72 Å². The monoisotopic (exact) mass is 283 g/mol. The van der Waals surface area contributed by atoms with E-state index in [9.17, 15) is 8.42 Å². The van der Waals surface area contributed by atoms with Crippen molar-refractivity contribution >= 4 is 15.8 Å². The highest BCUT2D eigenvalue weighted by atomic mass is 32.2. The molecule has 104 valence electrons. The third-order valence-electron chi connectivity index (χ3n) is 2.94. The molecule has 8 heteroatoms. The van der Waals surface area contributed by atoms with E-state index < -0.39 is 10.0 Å². The van der Waals surface area contributed by atoms with E-state index in [-0.39, 0.29) is 4.90 Å². The molecular formula is C11H17N5O2S. The van der Waals surface area contributed by atoms with Crippen LogP contribution in [0.4, 0.5) is 5.82 Å². The van der Waals surface area contributed by atoms with Crippen LogP contribution < -0.4 is 4.72 Å². The van der Waals surface area contributed by atoms with Gasteiger partial charge in [0, 0.05) is 19.7 Å². The summed E-state index contributed by atoms with van der Waals surface area (Å²) in [6.45, 7) is 6.00. The Morgan fingerprint density at radius 2 is 2.05 bits per heavy atom. The lowest BCUT2D eigenvalue weighted by atomic mass is 10.4. The average molecular weight is 283 g/mol. The first kappa shape index (κ1) is 13.6. The summed E-state index contributed by atoms with van der Waals surface area (Å²) in [4.78, 5) is 0.232. The largest absolute Gasteiger partial charge is 0.268 e. The van der Waals surface area contributed by atoms with Crippen molar-refractivity contribution in [3.8, 4) is 0 Å². The summed E-state index contributed by atoms with van der Waals surface area (Å²) in [6.07, 6.45) is 1.53. The van der Waals surface area contributed by atoms with Gasteiger partial charge in [0.1, 0.15) is 10.7 Å².